The Kier molecular flexibility index (Phi) is 2.35. The second-order valence-corrected chi connectivity index (χ2v) is 3.66. The third kappa shape index (κ3) is 1.48. The molecule has 0 bridgehead atoms. The number of fused-ring (bicyclic) bond motifs is 1. The summed E-state index contributed by atoms with van der Waals surface area (Å²) in [6, 6.07) is 0. The average Bonchev–Trinajstić information content (AvgIpc) is 2.62. The number of aliphatic hydroxyl groups excluding tert-OH is 1. The molecule has 5 heteroatoms. The molecule has 3 nitrogen and oxygen atoms in total. The molecule has 0 spiro atoms. The van der Waals surface area contributed by atoms with E-state index in [1.54, 1.807) is 12.2 Å². The van der Waals surface area contributed by atoms with Crippen molar-refractivity contribution >= 4 is 34.0 Å². The zero-order valence-electron chi connectivity index (χ0n) is 6.64. The lowest BCUT2D eigenvalue weighted by molar-refractivity contribution is 0.343. The first-order valence-electron chi connectivity index (χ1n) is 3.71. The fourth-order valence-corrected chi connectivity index (χ4v) is 2.10. The molecule has 0 unspecified atom stereocenters. The van der Waals surface area contributed by atoms with E-state index in [0.29, 0.717) is 5.15 Å². The van der Waals surface area contributed by atoms with Crippen LogP contribution in [0.5, 0.6) is 0 Å². The topological polar surface area (TPSA) is 37.5 Å². The normalized spacial score (nSPS) is 11.8. The third-order valence-corrected chi connectivity index (χ3v) is 2.67. The molecule has 68 valence electrons. The summed E-state index contributed by atoms with van der Waals surface area (Å²) in [5.41, 5.74) is 0.812. The lowest BCUT2D eigenvalue weighted by Crippen LogP contribution is -1.81. The number of thiazole rings is 1. The molecule has 2 heterocycles. The molecule has 0 fully saturated rings. The molecule has 0 aliphatic rings. The molecule has 0 amide bonds. The number of aromatic nitrogens is 2. The largest absolute Gasteiger partial charge is 0.392 e. The molecule has 2 aromatic heterocycles. The summed E-state index contributed by atoms with van der Waals surface area (Å²) in [6.07, 6.45) is 5.29. The van der Waals surface area contributed by atoms with Crippen LogP contribution in [-0.2, 0) is 0 Å². The lowest BCUT2D eigenvalue weighted by Gasteiger charge is -1.89. The Labute approximate surface area is 83.9 Å². The van der Waals surface area contributed by atoms with E-state index in [1.165, 1.54) is 11.3 Å². The van der Waals surface area contributed by atoms with Gasteiger partial charge in [0, 0.05) is 11.6 Å². The molecule has 0 radical (unpaired) electrons. The van der Waals surface area contributed by atoms with Crippen molar-refractivity contribution in [1.82, 2.24) is 9.38 Å². The fraction of sp³-hybridized carbons (Fsp3) is 0.125. The SMILES string of the molecule is OCC=Cc1c(Cl)nc2sccn12. The molecule has 0 aliphatic carbocycles. The average molecular weight is 215 g/mol. The Bertz CT molecular complexity index is 446. The van der Waals surface area contributed by atoms with Gasteiger partial charge in [0.1, 0.15) is 0 Å². The zero-order chi connectivity index (χ0) is 9.26. The van der Waals surface area contributed by atoms with Crippen molar-refractivity contribution in [2.75, 3.05) is 6.61 Å². The van der Waals surface area contributed by atoms with Crippen LogP contribution in [0.15, 0.2) is 17.7 Å². The van der Waals surface area contributed by atoms with Gasteiger partial charge in [-0.3, -0.25) is 4.40 Å². The van der Waals surface area contributed by atoms with Crippen molar-refractivity contribution in [3.63, 3.8) is 0 Å². The smallest absolute Gasteiger partial charge is 0.195 e. The predicted molar refractivity (Wildman–Crippen MR) is 54.2 cm³/mol. The molecule has 13 heavy (non-hydrogen) atoms. The Hall–Kier alpha value is -0.840. The van der Waals surface area contributed by atoms with Gasteiger partial charge in [0.05, 0.1) is 12.3 Å². The summed E-state index contributed by atoms with van der Waals surface area (Å²) in [5.74, 6) is 0. The summed E-state index contributed by atoms with van der Waals surface area (Å²) in [6.45, 7) is 0.00764. The van der Waals surface area contributed by atoms with Gasteiger partial charge in [-0.2, -0.15) is 0 Å². The van der Waals surface area contributed by atoms with Crippen molar-refractivity contribution in [1.29, 1.82) is 0 Å². The number of hydrogen-bond acceptors (Lipinski definition) is 3. The molecule has 0 aliphatic heterocycles. The highest BCUT2D eigenvalue weighted by Gasteiger charge is 2.07. The number of hydrogen-bond donors (Lipinski definition) is 1. The van der Waals surface area contributed by atoms with Crippen molar-refractivity contribution in [2.45, 2.75) is 0 Å². The predicted octanol–water partition coefficient (Wildman–Crippen LogP) is 2.05. The van der Waals surface area contributed by atoms with Gasteiger partial charge in [-0.1, -0.05) is 17.7 Å². The van der Waals surface area contributed by atoms with E-state index in [9.17, 15) is 0 Å². The van der Waals surface area contributed by atoms with Crippen LogP contribution in [0.4, 0.5) is 0 Å². The minimum atomic E-state index is 0.00764. The van der Waals surface area contributed by atoms with E-state index in [0.717, 1.165) is 10.7 Å². The molecule has 0 saturated carbocycles. The first kappa shape index (κ1) is 8.74. The van der Waals surface area contributed by atoms with Gasteiger partial charge in [-0.15, -0.1) is 11.3 Å². The quantitative estimate of drug-likeness (QED) is 0.831. The summed E-state index contributed by atoms with van der Waals surface area (Å²) >= 11 is 7.41. The first-order chi connectivity index (χ1) is 6.33. The molecule has 0 saturated heterocycles. The highest BCUT2D eigenvalue weighted by atomic mass is 35.5. The highest BCUT2D eigenvalue weighted by molar-refractivity contribution is 7.15. The maximum Gasteiger partial charge on any atom is 0.195 e. The van der Waals surface area contributed by atoms with Gasteiger partial charge in [0.25, 0.3) is 0 Å². The van der Waals surface area contributed by atoms with E-state index in [-0.39, 0.29) is 6.61 Å². The number of halogens is 1. The molecular formula is C8H7ClN2OS. The van der Waals surface area contributed by atoms with Gasteiger partial charge in [-0.25, -0.2) is 4.98 Å². The van der Waals surface area contributed by atoms with Gasteiger partial charge in [-0.05, 0) is 6.08 Å². The van der Waals surface area contributed by atoms with E-state index < -0.39 is 0 Å². The van der Waals surface area contributed by atoms with Crippen LogP contribution in [0.1, 0.15) is 5.69 Å². The number of imidazole rings is 1. The van der Waals surface area contributed by atoms with Gasteiger partial charge in [0.15, 0.2) is 10.1 Å². The van der Waals surface area contributed by atoms with E-state index >= 15 is 0 Å². The minimum absolute atomic E-state index is 0.00764. The minimum Gasteiger partial charge on any atom is -0.392 e. The molecule has 0 aromatic carbocycles. The zero-order valence-corrected chi connectivity index (χ0v) is 8.22. The van der Waals surface area contributed by atoms with E-state index in [2.05, 4.69) is 4.98 Å². The monoisotopic (exact) mass is 214 g/mol. The molecular weight excluding hydrogens is 208 g/mol. The van der Waals surface area contributed by atoms with Gasteiger partial charge < -0.3 is 5.11 Å². The molecule has 0 atom stereocenters. The second-order valence-electron chi connectivity index (χ2n) is 2.43. The molecule has 1 N–H and O–H groups in total. The van der Waals surface area contributed by atoms with Gasteiger partial charge >= 0.3 is 0 Å². The van der Waals surface area contributed by atoms with Crippen molar-refractivity contribution in [3.8, 4) is 0 Å². The van der Waals surface area contributed by atoms with Crippen LogP contribution in [0.2, 0.25) is 5.15 Å². The summed E-state index contributed by atoms with van der Waals surface area (Å²) in [7, 11) is 0. The maximum absolute atomic E-state index is 8.62. The maximum atomic E-state index is 8.62. The van der Waals surface area contributed by atoms with Crippen molar-refractivity contribution < 1.29 is 5.11 Å². The number of rotatable bonds is 2. The molecule has 2 rings (SSSR count). The Balaban J connectivity index is 2.57. The van der Waals surface area contributed by atoms with Gasteiger partial charge in [0.2, 0.25) is 0 Å². The summed E-state index contributed by atoms with van der Waals surface area (Å²) in [4.78, 5) is 5.00. The van der Waals surface area contributed by atoms with Crippen LogP contribution in [0.3, 0.4) is 0 Å². The van der Waals surface area contributed by atoms with Crippen LogP contribution >= 0.6 is 22.9 Å². The third-order valence-electron chi connectivity index (χ3n) is 1.64. The van der Waals surface area contributed by atoms with E-state index in [1.807, 2.05) is 16.0 Å². The van der Waals surface area contributed by atoms with Crippen LogP contribution < -0.4 is 0 Å². The van der Waals surface area contributed by atoms with Crippen LogP contribution in [0, 0.1) is 0 Å². The second kappa shape index (κ2) is 3.49. The fourth-order valence-electron chi connectivity index (χ4n) is 1.09. The summed E-state index contributed by atoms with van der Waals surface area (Å²) < 4.78 is 1.89. The number of aliphatic hydroxyl groups is 1. The summed E-state index contributed by atoms with van der Waals surface area (Å²) in [5, 5.41) is 11.0. The molecule has 2 aromatic rings. The first-order valence-corrected chi connectivity index (χ1v) is 4.97. The Morgan fingerprint density at radius 2 is 2.54 bits per heavy atom. The lowest BCUT2D eigenvalue weighted by atomic mass is 10.4. The highest BCUT2D eigenvalue weighted by Crippen LogP contribution is 2.22. The van der Waals surface area contributed by atoms with Crippen molar-refractivity contribution in [3.05, 3.63) is 28.5 Å². The number of nitrogens with zero attached hydrogens (tertiary/aromatic N) is 2. The Morgan fingerprint density at radius 1 is 1.69 bits per heavy atom. The Morgan fingerprint density at radius 3 is 3.31 bits per heavy atom. The standard InChI is InChI=1S/C8H7ClN2OS/c9-7-6(2-1-4-12)11-3-5-13-8(11)10-7/h1-3,5,12H,4H2. The van der Waals surface area contributed by atoms with Crippen LogP contribution in [0.25, 0.3) is 11.0 Å². The van der Waals surface area contributed by atoms with Crippen molar-refractivity contribution in [2.24, 2.45) is 0 Å². The van der Waals surface area contributed by atoms with E-state index in [4.69, 9.17) is 16.7 Å². The van der Waals surface area contributed by atoms with Crippen LogP contribution in [-0.4, -0.2) is 21.1 Å².